The number of nitrogens with zero attached hydrogens (tertiary/aromatic N) is 3. The van der Waals surface area contributed by atoms with E-state index in [2.05, 4.69) is 18.2 Å². The molecule has 8 nitrogen and oxygen atoms in total. The third-order valence-corrected chi connectivity index (χ3v) is 6.27. The Kier molecular flexibility index (Phi) is 5.37. The van der Waals surface area contributed by atoms with Crippen molar-refractivity contribution in [2.45, 2.75) is 45.0 Å². The fraction of sp³-hybridized carbons (Fsp3) is 0.545. The van der Waals surface area contributed by atoms with Gasteiger partial charge in [-0.2, -0.15) is 15.8 Å². The lowest BCUT2D eigenvalue weighted by Crippen LogP contribution is -2.59. The molecule has 0 spiro atoms. The van der Waals surface area contributed by atoms with Gasteiger partial charge in [-0.05, 0) is 31.0 Å². The lowest BCUT2D eigenvalue weighted by Gasteiger charge is -2.49. The highest BCUT2D eigenvalue weighted by molar-refractivity contribution is 5.89. The van der Waals surface area contributed by atoms with Crippen molar-refractivity contribution in [1.29, 1.82) is 21.2 Å². The molecule has 4 unspecified atom stereocenters. The highest BCUT2D eigenvalue weighted by atomic mass is 16.7. The van der Waals surface area contributed by atoms with E-state index in [-0.39, 0.29) is 0 Å². The molecule has 2 aliphatic rings. The molecule has 156 valence electrons. The van der Waals surface area contributed by atoms with Crippen molar-refractivity contribution in [1.82, 2.24) is 0 Å². The van der Waals surface area contributed by atoms with Crippen LogP contribution in [0, 0.1) is 56.2 Å². The first kappa shape index (κ1) is 21.4. The van der Waals surface area contributed by atoms with Gasteiger partial charge in [0.15, 0.2) is 5.41 Å². The zero-order valence-electron chi connectivity index (χ0n) is 17.5. The Morgan fingerprint density at radius 1 is 1.10 bits per heavy atom. The molecule has 1 N–H and O–H groups in total. The molecule has 0 saturated carbocycles. The predicted octanol–water partition coefficient (Wildman–Crippen LogP) is 3.85. The first-order valence-corrected chi connectivity index (χ1v) is 9.81. The van der Waals surface area contributed by atoms with Crippen LogP contribution in [0.3, 0.4) is 0 Å². The van der Waals surface area contributed by atoms with Crippen LogP contribution in [0.4, 0.5) is 0 Å². The molecule has 8 heteroatoms. The number of ether oxygens (including phenoxy) is 4. The van der Waals surface area contributed by atoms with Gasteiger partial charge in [-0.25, -0.2) is 0 Å². The molecule has 1 aromatic rings. The predicted molar refractivity (Wildman–Crippen MR) is 105 cm³/mol. The maximum absolute atomic E-state index is 10.3. The van der Waals surface area contributed by atoms with Gasteiger partial charge in [0.25, 0.3) is 0 Å². The summed E-state index contributed by atoms with van der Waals surface area (Å²) in [6.45, 7) is 3.79. The SMILES string of the molecule is CCCC12OC(=N)C(C#N)(C1CC)C(C#N)(C#N)C(c1cc(OC)ccc1OC)O2. The number of methoxy groups -OCH3 is 2. The van der Waals surface area contributed by atoms with Gasteiger partial charge in [0.2, 0.25) is 17.1 Å². The van der Waals surface area contributed by atoms with Crippen LogP contribution in [0.15, 0.2) is 18.2 Å². The maximum atomic E-state index is 10.3. The number of hydrogen-bond acceptors (Lipinski definition) is 8. The van der Waals surface area contributed by atoms with Gasteiger partial charge in [0, 0.05) is 12.0 Å². The van der Waals surface area contributed by atoms with Crippen molar-refractivity contribution in [2.75, 3.05) is 14.2 Å². The van der Waals surface area contributed by atoms with Crippen LogP contribution in [-0.4, -0.2) is 25.9 Å². The first-order valence-electron chi connectivity index (χ1n) is 9.81. The molecule has 3 rings (SSSR count). The Hall–Kier alpha value is -3.28. The minimum atomic E-state index is -2.02. The summed E-state index contributed by atoms with van der Waals surface area (Å²) in [5, 5.41) is 39.5. The monoisotopic (exact) mass is 408 g/mol. The largest absolute Gasteiger partial charge is 0.497 e. The van der Waals surface area contributed by atoms with Crippen molar-refractivity contribution in [3.63, 3.8) is 0 Å². The second-order valence-corrected chi connectivity index (χ2v) is 7.51. The van der Waals surface area contributed by atoms with E-state index < -0.39 is 34.5 Å². The second-order valence-electron chi connectivity index (χ2n) is 7.51. The number of hydrogen-bond donors (Lipinski definition) is 1. The molecule has 2 heterocycles. The Balaban J connectivity index is 2.39. The first-order chi connectivity index (χ1) is 14.4. The average molecular weight is 408 g/mol. The van der Waals surface area contributed by atoms with Gasteiger partial charge in [-0.15, -0.1) is 0 Å². The Morgan fingerprint density at radius 2 is 1.80 bits per heavy atom. The number of benzene rings is 1. The van der Waals surface area contributed by atoms with Crippen LogP contribution >= 0.6 is 0 Å². The third-order valence-electron chi connectivity index (χ3n) is 6.27. The minimum Gasteiger partial charge on any atom is -0.497 e. The van der Waals surface area contributed by atoms with E-state index in [1.165, 1.54) is 14.2 Å². The smallest absolute Gasteiger partial charge is 0.217 e. The molecule has 2 aliphatic heterocycles. The summed E-state index contributed by atoms with van der Waals surface area (Å²) in [7, 11) is 2.97. The van der Waals surface area contributed by atoms with Gasteiger partial charge >= 0.3 is 0 Å². The van der Waals surface area contributed by atoms with Crippen LogP contribution in [0.25, 0.3) is 0 Å². The summed E-state index contributed by atoms with van der Waals surface area (Å²) >= 11 is 0. The normalized spacial score (nSPS) is 31.0. The molecular weight excluding hydrogens is 384 g/mol. The summed E-state index contributed by atoms with van der Waals surface area (Å²) in [4.78, 5) is 0. The van der Waals surface area contributed by atoms with E-state index >= 15 is 0 Å². The molecule has 2 fully saturated rings. The number of nitrogens with one attached hydrogen (secondary N) is 1. The van der Waals surface area contributed by atoms with E-state index in [1.807, 2.05) is 13.8 Å². The standard InChI is InChI=1S/C22H24N4O4/c1-5-9-22-17(6-2)21(13-25,19(26)30-22)20(11-23,12-24)18(29-22)15-10-14(27-3)7-8-16(15)28-4/h7-8,10,17-18,26H,5-6,9H2,1-4H3. The average Bonchev–Trinajstić information content (AvgIpc) is 2.96. The maximum Gasteiger partial charge on any atom is 0.217 e. The van der Waals surface area contributed by atoms with Crippen molar-refractivity contribution in [2.24, 2.45) is 16.7 Å². The number of fused-ring (bicyclic) bond motifs is 2. The van der Waals surface area contributed by atoms with E-state index in [1.54, 1.807) is 18.2 Å². The van der Waals surface area contributed by atoms with Crippen LogP contribution in [0.1, 0.15) is 44.8 Å². The molecule has 2 bridgehead atoms. The Bertz CT molecular complexity index is 974. The van der Waals surface area contributed by atoms with Crippen LogP contribution in [0.2, 0.25) is 0 Å². The van der Waals surface area contributed by atoms with Gasteiger partial charge in [-0.3, -0.25) is 5.41 Å². The lowest BCUT2D eigenvalue weighted by molar-refractivity contribution is -0.286. The summed E-state index contributed by atoms with van der Waals surface area (Å²) in [5.41, 5.74) is -3.41. The summed E-state index contributed by atoms with van der Waals surface area (Å²) in [6, 6.07) is 11.2. The topological polar surface area (TPSA) is 132 Å². The molecule has 0 aliphatic carbocycles. The quantitative estimate of drug-likeness (QED) is 0.756. The molecule has 1 aromatic carbocycles. The highest BCUT2D eigenvalue weighted by Gasteiger charge is 2.79. The van der Waals surface area contributed by atoms with Crippen LogP contribution in [-0.2, 0) is 9.47 Å². The molecule has 0 amide bonds. The van der Waals surface area contributed by atoms with Crippen molar-refractivity contribution < 1.29 is 18.9 Å². The zero-order chi connectivity index (χ0) is 22.2. The van der Waals surface area contributed by atoms with Crippen LogP contribution in [0.5, 0.6) is 11.5 Å². The van der Waals surface area contributed by atoms with Crippen LogP contribution < -0.4 is 9.47 Å². The third kappa shape index (κ3) is 2.43. The summed E-state index contributed by atoms with van der Waals surface area (Å²) < 4.78 is 23.2. The van der Waals surface area contributed by atoms with E-state index in [9.17, 15) is 15.8 Å². The van der Waals surface area contributed by atoms with Crippen molar-refractivity contribution in [3.8, 4) is 29.7 Å². The van der Waals surface area contributed by atoms with Gasteiger partial charge in [0.1, 0.15) is 17.6 Å². The molecule has 30 heavy (non-hydrogen) atoms. The van der Waals surface area contributed by atoms with Crippen molar-refractivity contribution in [3.05, 3.63) is 23.8 Å². The Morgan fingerprint density at radius 3 is 2.30 bits per heavy atom. The molecule has 0 radical (unpaired) electrons. The van der Waals surface area contributed by atoms with Gasteiger partial charge < -0.3 is 18.9 Å². The lowest BCUT2D eigenvalue weighted by atomic mass is 9.52. The molecule has 4 atom stereocenters. The Labute approximate surface area is 176 Å². The second kappa shape index (κ2) is 7.52. The van der Waals surface area contributed by atoms with E-state index in [4.69, 9.17) is 24.4 Å². The zero-order valence-corrected chi connectivity index (χ0v) is 17.5. The summed E-state index contributed by atoms with van der Waals surface area (Å²) in [6.07, 6.45) is 0.296. The van der Waals surface area contributed by atoms with Gasteiger partial charge in [0.05, 0.1) is 38.3 Å². The fourth-order valence-electron chi connectivity index (χ4n) is 4.99. The molecule has 2 saturated heterocycles. The minimum absolute atomic E-state index is 0.385. The highest BCUT2D eigenvalue weighted by Crippen LogP contribution is 2.68. The molecular formula is C22H24N4O4. The fourth-order valence-corrected chi connectivity index (χ4v) is 4.99. The van der Waals surface area contributed by atoms with Crippen molar-refractivity contribution >= 4 is 5.90 Å². The number of rotatable bonds is 6. The van der Waals surface area contributed by atoms with Gasteiger partial charge in [-0.1, -0.05) is 13.8 Å². The summed E-state index contributed by atoms with van der Waals surface area (Å²) in [5.74, 6) is -1.45. The number of nitriles is 3. The van der Waals surface area contributed by atoms with E-state index in [0.717, 1.165) is 0 Å². The molecule has 0 aromatic heterocycles. The van der Waals surface area contributed by atoms with E-state index in [0.29, 0.717) is 36.3 Å².